The van der Waals surface area contributed by atoms with Gasteiger partial charge in [0, 0.05) is 17.8 Å². The van der Waals surface area contributed by atoms with Crippen molar-refractivity contribution in [1.29, 1.82) is 0 Å². The number of ether oxygens (including phenoxy) is 1. The van der Waals surface area contributed by atoms with Crippen LogP contribution in [0.25, 0.3) is 0 Å². The van der Waals surface area contributed by atoms with Crippen molar-refractivity contribution < 1.29 is 19.1 Å². The Balaban J connectivity index is 1.79. The Labute approximate surface area is 129 Å². The molecule has 2 atom stereocenters. The molecule has 0 spiro atoms. The highest BCUT2D eigenvalue weighted by Crippen LogP contribution is 2.23. The van der Waals surface area contributed by atoms with E-state index in [1.807, 2.05) is 0 Å². The van der Waals surface area contributed by atoms with E-state index < -0.39 is 5.97 Å². The minimum absolute atomic E-state index is 0.140. The molecule has 1 aliphatic carbocycles. The van der Waals surface area contributed by atoms with Crippen LogP contribution in [0.15, 0.2) is 12.3 Å². The Hall–Kier alpha value is -2.11. The third-order valence-corrected chi connectivity index (χ3v) is 4.10. The van der Waals surface area contributed by atoms with E-state index in [9.17, 15) is 14.4 Å². The quantitative estimate of drug-likeness (QED) is 0.644. The molecule has 22 heavy (non-hydrogen) atoms. The normalized spacial score (nSPS) is 21.2. The summed E-state index contributed by atoms with van der Waals surface area (Å²) in [6, 6.07) is 1.58. The summed E-state index contributed by atoms with van der Waals surface area (Å²) in [7, 11) is 0. The molecule has 2 rings (SSSR count). The zero-order valence-corrected chi connectivity index (χ0v) is 13.0. The Morgan fingerprint density at radius 2 is 2.05 bits per heavy atom. The minimum Gasteiger partial charge on any atom is -0.451 e. The zero-order chi connectivity index (χ0) is 16.1. The molecule has 1 aromatic heterocycles. The van der Waals surface area contributed by atoms with E-state index in [4.69, 9.17) is 4.74 Å². The number of hydrogen-bond acceptors (Lipinski definition) is 4. The summed E-state index contributed by atoms with van der Waals surface area (Å²) < 4.78 is 4.97. The van der Waals surface area contributed by atoms with Crippen LogP contribution in [0.4, 0.5) is 0 Å². The van der Waals surface area contributed by atoms with Crippen LogP contribution in [0, 0.1) is 5.92 Å². The smallest absolute Gasteiger partial charge is 0.355 e. The topological polar surface area (TPSA) is 88.3 Å². The van der Waals surface area contributed by atoms with Gasteiger partial charge in [-0.2, -0.15) is 0 Å². The second kappa shape index (κ2) is 7.24. The van der Waals surface area contributed by atoms with Gasteiger partial charge in [0.05, 0.1) is 0 Å². The lowest BCUT2D eigenvalue weighted by Crippen LogP contribution is -2.42. The minimum atomic E-state index is -0.639. The van der Waals surface area contributed by atoms with Crippen LogP contribution in [0.3, 0.4) is 0 Å². The molecule has 6 nitrogen and oxygen atoms in total. The first-order chi connectivity index (χ1) is 10.5. The highest BCUT2D eigenvalue weighted by molar-refractivity contribution is 5.97. The fraction of sp³-hybridized carbons (Fsp3) is 0.562. The molecule has 0 bridgehead atoms. The van der Waals surface area contributed by atoms with E-state index in [-0.39, 0.29) is 30.0 Å². The molecule has 1 fully saturated rings. The lowest BCUT2D eigenvalue weighted by Gasteiger charge is -2.29. The first kappa shape index (κ1) is 16.3. The number of esters is 1. The fourth-order valence-corrected chi connectivity index (χ4v) is 2.70. The van der Waals surface area contributed by atoms with E-state index in [1.54, 1.807) is 0 Å². The molecule has 0 radical (unpaired) electrons. The van der Waals surface area contributed by atoms with E-state index in [0.29, 0.717) is 11.5 Å². The highest BCUT2D eigenvalue weighted by atomic mass is 16.5. The molecule has 0 aliphatic heterocycles. The first-order valence-electron chi connectivity index (χ1n) is 7.63. The molecule has 6 heteroatoms. The van der Waals surface area contributed by atoms with Crippen LogP contribution in [-0.2, 0) is 9.53 Å². The van der Waals surface area contributed by atoms with Gasteiger partial charge in [-0.05, 0) is 31.7 Å². The molecule has 1 aliphatic rings. The third-order valence-electron chi connectivity index (χ3n) is 4.10. The van der Waals surface area contributed by atoms with Gasteiger partial charge in [-0.1, -0.05) is 19.8 Å². The molecule has 0 unspecified atom stereocenters. The van der Waals surface area contributed by atoms with Crippen molar-refractivity contribution in [2.24, 2.45) is 5.92 Å². The van der Waals surface area contributed by atoms with Crippen molar-refractivity contribution in [3.05, 3.63) is 23.5 Å². The molecule has 1 aromatic rings. The van der Waals surface area contributed by atoms with Crippen LogP contribution in [0.1, 0.15) is 60.4 Å². The summed E-state index contributed by atoms with van der Waals surface area (Å²) in [6.07, 6.45) is 5.85. The van der Waals surface area contributed by atoms with Crippen LogP contribution < -0.4 is 5.32 Å². The molecule has 0 aromatic carbocycles. The SMILES string of the molecule is CC(=O)c1c[nH]c(C(=O)OCC(=O)N[C@H]2CCCC[C@H]2C)c1. The van der Waals surface area contributed by atoms with Crippen molar-refractivity contribution in [3.63, 3.8) is 0 Å². The van der Waals surface area contributed by atoms with Crippen molar-refractivity contribution in [1.82, 2.24) is 10.3 Å². The maximum Gasteiger partial charge on any atom is 0.355 e. The number of Topliss-reactive ketones (excluding diaryl/α,β-unsaturated/α-hetero) is 1. The van der Waals surface area contributed by atoms with E-state index >= 15 is 0 Å². The first-order valence-corrected chi connectivity index (χ1v) is 7.63. The summed E-state index contributed by atoms with van der Waals surface area (Å²) in [5.41, 5.74) is 0.580. The molecule has 1 saturated carbocycles. The monoisotopic (exact) mass is 306 g/mol. The second-order valence-corrected chi connectivity index (χ2v) is 5.87. The highest BCUT2D eigenvalue weighted by Gasteiger charge is 2.23. The number of carbonyl (C=O) groups is 3. The standard InChI is InChI=1S/C16H22N2O4/c1-10-5-3-4-6-13(10)18-15(20)9-22-16(21)14-7-12(8-17-14)11(2)19/h7-8,10,13,17H,3-6,9H2,1-2H3,(H,18,20)/t10-,13+/m1/s1. The largest absolute Gasteiger partial charge is 0.451 e. The number of nitrogens with one attached hydrogen (secondary N) is 2. The molecule has 0 saturated heterocycles. The van der Waals surface area contributed by atoms with Crippen molar-refractivity contribution in [2.45, 2.75) is 45.6 Å². The molecular weight excluding hydrogens is 284 g/mol. The number of rotatable bonds is 5. The van der Waals surface area contributed by atoms with Gasteiger partial charge in [0.1, 0.15) is 5.69 Å². The van der Waals surface area contributed by atoms with Gasteiger partial charge in [0.25, 0.3) is 5.91 Å². The van der Waals surface area contributed by atoms with Crippen molar-refractivity contribution >= 4 is 17.7 Å². The summed E-state index contributed by atoms with van der Waals surface area (Å²) >= 11 is 0. The molecule has 1 heterocycles. The molecule has 1 amide bonds. The third kappa shape index (κ3) is 4.19. The zero-order valence-electron chi connectivity index (χ0n) is 13.0. The number of hydrogen-bond donors (Lipinski definition) is 2. The van der Waals surface area contributed by atoms with Gasteiger partial charge < -0.3 is 15.0 Å². The van der Waals surface area contributed by atoms with Gasteiger partial charge in [-0.25, -0.2) is 4.79 Å². The van der Waals surface area contributed by atoms with Gasteiger partial charge in [0.2, 0.25) is 0 Å². The summed E-state index contributed by atoms with van der Waals surface area (Å²) in [4.78, 5) is 37.5. The Kier molecular flexibility index (Phi) is 5.35. The lowest BCUT2D eigenvalue weighted by atomic mass is 9.86. The molecule has 120 valence electrons. The average molecular weight is 306 g/mol. The van der Waals surface area contributed by atoms with Crippen LogP contribution in [0.5, 0.6) is 0 Å². The number of aromatic amines is 1. The Bertz CT molecular complexity index is 564. The molecular formula is C16H22N2O4. The predicted molar refractivity (Wildman–Crippen MR) is 80.6 cm³/mol. The number of ketones is 1. The number of carbonyl (C=O) groups excluding carboxylic acids is 3. The summed E-state index contributed by atoms with van der Waals surface area (Å²) in [6.45, 7) is 3.23. The number of H-pyrrole nitrogens is 1. The van der Waals surface area contributed by atoms with Gasteiger partial charge in [-0.3, -0.25) is 9.59 Å². The fourth-order valence-electron chi connectivity index (χ4n) is 2.70. The van der Waals surface area contributed by atoms with E-state index in [1.165, 1.54) is 25.6 Å². The van der Waals surface area contributed by atoms with Crippen molar-refractivity contribution in [3.8, 4) is 0 Å². The maximum absolute atomic E-state index is 11.9. The van der Waals surface area contributed by atoms with Gasteiger partial charge in [0.15, 0.2) is 12.4 Å². The Morgan fingerprint density at radius 3 is 2.68 bits per heavy atom. The van der Waals surface area contributed by atoms with Gasteiger partial charge in [-0.15, -0.1) is 0 Å². The number of aromatic nitrogens is 1. The van der Waals surface area contributed by atoms with E-state index in [0.717, 1.165) is 19.3 Å². The lowest BCUT2D eigenvalue weighted by molar-refractivity contribution is -0.125. The molecule has 2 N–H and O–H groups in total. The Morgan fingerprint density at radius 1 is 1.32 bits per heavy atom. The van der Waals surface area contributed by atoms with Crippen molar-refractivity contribution in [2.75, 3.05) is 6.61 Å². The van der Waals surface area contributed by atoms with Crippen LogP contribution in [0.2, 0.25) is 0 Å². The maximum atomic E-state index is 11.9. The average Bonchev–Trinajstić information content (AvgIpc) is 2.97. The van der Waals surface area contributed by atoms with Gasteiger partial charge >= 0.3 is 5.97 Å². The van der Waals surface area contributed by atoms with E-state index in [2.05, 4.69) is 17.2 Å². The summed E-state index contributed by atoms with van der Waals surface area (Å²) in [5, 5.41) is 2.92. The van der Waals surface area contributed by atoms with Crippen LogP contribution in [-0.4, -0.2) is 35.3 Å². The number of amides is 1. The predicted octanol–water partition coefficient (Wildman–Crippen LogP) is 2.07. The van der Waals surface area contributed by atoms with Crippen LogP contribution >= 0.6 is 0 Å². The second-order valence-electron chi connectivity index (χ2n) is 5.87. The summed E-state index contributed by atoms with van der Waals surface area (Å²) in [5.74, 6) is -0.612.